The van der Waals surface area contributed by atoms with Crippen LogP contribution in [0.2, 0.25) is 0 Å². The number of ether oxygens (including phenoxy) is 1. The highest BCUT2D eigenvalue weighted by molar-refractivity contribution is 5.96. The maximum Gasteiger partial charge on any atom is 0.341 e. The van der Waals surface area contributed by atoms with Crippen LogP contribution < -0.4 is 4.90 Å². The van der Waals surface area contributed by atoms with Gasteiger partial charge in [0, 0.05) is 31.6 Å². The minimum atomic E-state index is -2.71. The van der Waals surface area contributed by atoms with Gasteiger partial charge in [0.1, 0.15) is 11.4 Å². The number of esters is 1. The van der Waals surface area contributed by atoms with E-state index in [1.54, 1.807) is 4.90 Å². The Bertz CT molecular complexity index is 574. The number of carbonyl (C=O) groups is 1. The number of nitrogens with zero attached hydrogens (tertiary/aromatic N) is 2. The van der Waals surface area contributed by atoms with Crippen molar-refractivity contribution in [3.63, 3.8) is 0 Å². The van der Waals surface area contributed by atoms with Crippen molar-refractivity contribution in [2.75, 3.05) is 25.1 Å². The number of aryl methyl sites for hydroxylation is 1. The number of hydrogen-bond donors (Lipinski definition) is 0. The summed E-state index contributed by atoms with van der Waals surface area (Å²) in [5, 5.41) is 0. The van der Waals surface area contributed by atoms with Gasteiger partial charge in [-0.3, -0.25) is 0 Å². The molecule has 0 fully saturated rings. The van der Waals surface area contributed by atoms with E-state index < -0.39 is 11.9 Å². The molecule has 6 heteroatoms. The van der Waals surface area contributed by atoms with E-state index in [0.717, 1.165) is 16.8 Å². The van der Waals surface area contributed by atoms with Crippen molar-refractivity contribution in [1.29, 1.82) is 0 Å². The lowest BCUT2D eigenvalue weighted by Crippen LogP contribution is -2.32. The second-order valence-corrected chi connectivity index (χ2v) is 5.68. The van der Waals surface area contributed by atoms with Crippen LogP contribution in [0.4, 0.5) is 14.6 Å². The smallest absolute Gasteiger partial charge is 0.341 e. The summed E-state index contributed by atoms with van der Waals surface area (Å²) in [7, 11) is 1.31. The molecule has 0 aliphatic carbocycles. The van der Waals surface area contributed by atoms with Gasteiger partial charge in [0.2, 0.25) is 5.92 Å². The van der Waals surface area contributed by atoms with Gasteiger partial charge in [-0.05, 0) is 38.8 Å². The first-order valence-corrected chi connectivity index (χ1v) is 7.87. The summed E-state index contributed by atoms with van der Waals surface area (Å²) in [5.41, 5.74) is 2.83. The summed E-state index contributed by atoms with van der Waals surface area (Å²) in [6.07, 6.45) is -0.473. The van der Waals surface area contributed by atoms with E-state index in [-0.39, 0.29) is 19.4 Å². The molecule has 0 N–H and O–H groups in total. The number of methoxy groups -OCH3 is 1. The molecule has 0 bridgehead atoms. The topological polar surface area (TPSA) is 42.4 Å². The molecule has 0 amide bonds. The minimum absolute atomic E-state index is 0.135. The van der Waals surface area contributed by atoms with Crippen molar-refractivity contribution in [3.8, 4) is 0 Å². The number of hydrogen-bond acceptors (Lipinski definition) is 4. The van der Waals surface area contributed by atoms with Crippen LogP contribution in [0.1, 0.15) is 53.9 Å². The zero-order chi connectivity index (χ0) is 17.8. The standard InChI is InChI=1S/C17H26F2N2O2/c1-7-17(18,19)9-10-21(8-2)15-14(16(22)23-6)12(4)11(3)13(5)20-15/h7-10H2,1-6H3. The number of alkyl halides is 2. The Hall–Kier alpha value is -1.72. The number of carbonyl (C=O) groups excluding carboxylic acids is 1. The maximum absolute atomic E-state index is 13.6. The average Bonchev–Trinajstić information content (AvgIpc) is 2.52. The van der Waals surface area contributed by atoms with Crippen LogP contribution in [0.15, 0.2) is 0 Å². The Kier molecular flexibility index (Phi) is 6.47. The monoisotopic (exact) mass is 328 g/mol. The fourth-order valence-electron chi connectivity index (χ4n) is 2.39. The van der Waals surface area contributed by atoms with Crippen LogP contribution >= 0.6 is 0 Å². The summed E-state index contributed by atoms with van der Waals surface area (Å²) in [4.78, 5) is 18.4. The summed E-state index contributed by atoms with van der Waals surface area (Å²) < 4.78 is 32.0. The molecule has 4 nitrogen and oxygen atoms in total. The Morgan fingerprint density at radius 3 is 2.30 bits per heavy atom. The van der Waals surface area contributed by atoms with Crippen molar-refractivity contribution in [1.82, 2.24) is 4.98 Å². The van der Waals surface area contributed by atoms with Crippen LogP contribution in [0.5, 0.6) is 0 Å². The first-order chi connectivity index (χ1) is 10.7. The Balaban J connectivity index is 3.29. The summed E-state index contributed by atoms with van der Waals surface area (Å²) >= 11 is 0. The van der Waals surface area contributed by atoms with Gasteiger partial charge < -0.3 is 9.64 Å². The normalized spacial score (nSPS) is 11.5. The van der Waals surface area contributed by atoms with Gasteiger partial charge in [0.25, 0.3) is 0 Å². The second-order valence-electron chi connectivity index (χ2n) is 5.68. The van der Waals surface area contributed by atoms with Gasteiger partial charge in [-0.25, -0.2) is 18.6 Å². The fourth-order valence-corrected chi connectivity index (χ4v) is 2.39. The van der Waals surface area contributed by atoms with Gasteiger partial charge in [-0.2, -0.15) is 0 Å². The first-order valence-electron chi connectivity index (χ1n) is 7.87. The highest BCUT2D eigenvalue weighted by Gasteiger charge is 2.29. The molecule has 0 radical (unpaired) electrons. The molecule has 0 saturated carbocycles. The van der Waals surface area contributed by atoms with Gasteiger partial charge in [-0.15, -0.1) is 0 Å². The van der Waals surface area contributed by atoms with Gasteiger partial charge >= 0.3 is 5.97 Å². The first kappa shape index (κ1) is 19.3. The Labute approximate surface area is 136 Å². The number of anilines is 1. The van der Waals surface area contributed by atoms with Crippen LogP contribution in [-0.4, -0.2) is 37.1 Å². The molecule has 23 heavy (non-hydrogen) atoms. The average molecular weight is 328 g/mol. The van der Waals surface area contributed by atoms with E-state index in [9.17, 15) is 13.6 Å². The quantitative estimate of drug-likeness (QED) is 0.708. The zero-order valence-corrected chi connectivity index (χ0v) is 14.8. The van der Waals surface area contributed by atoms with Crippen molar-refractivity contribution < 1.29 is 18.3 Å². The summed E-state index contributed by atoms with van der Waals surface area (Å²) in [5.74, 6) is -2.78. The Morgan fingerprint density at radius 1 is 1.22 bits per heavy atom. The fraction of sp³-hybridized carbons (Fsp3) is 0.647. The summed E-state index contributed by atoms with van der Waals surface area (Å²) in [6.45, 7) is 9.51. The van der Waals surface area contributed by atoms with E-state index in [2.05, 4.69) is 4.98 Å². The molecular weight excluding hydrogens is 302 g/mol. The SMILES string of the molecule is CCN(CCC(F)(F)CC)c1nc(C)c(C)c(C)c1C(=O)OC. The number of rotatable bonds is 7. The van der Waals surface area contributed by atoms with Crippen LogP contribution in [0, 0.1) is 20.8 Å². The Morgan fingerprint density at radius 2 is 1.83 bits per heavy atom. The van der Waals surface area contributed by atoms with Gasteiger partial charge in [0.15, 0.2) is 0 Å². The lowest BCUT2D eigenvalue weighted by atomic mass is 10.0. The maximum atomic E-state index is 13.6. The summed E-state index contributed by atoms with van der Waals surface area (Å²) in [6, 6.07) is 0. The lowest BCUT2D eigenvalue weighted by molar-refractivity contribution is -0.00921. The van der Waals surface area contributed by atoms with Crippen molar-refractivity contribution in [2.24, 2.45) is 0 Å². The number of pyridine rings is 1. The number of halogens is 2. The third-order valence-corrected chi connectivity index (χ3v) is 4.31. The van der Waals surface area contributed by atoms with E-state index in [0.29, 0.717) is 17.9 Å². The highest BCUT2D eigenvalue weighted by atomic mass is 19.3. The third-order valence-electron chi connectivity index (χ3n) is 4.31. The van der Waals surface area contributed by atoms with E-state index >= 15 is 0 Å². The molecule has 0 unspecified atom stereocenters. The molecule has 130 valence electrons. The molecule has 0 atom stereocenters. The molecule has 1 aromatic rings. The van der Waals surface area contributed by atoms with Crippen molar-refractivity contribution in [3.05, 3.63) is 22.4 Å². The molecule has 0 aliphatic rings. The molecule has 0 aliphatic heterocycles. The van der Waals surface area contributed by atoms with Crippen molar-refractivity contribution >= 4 is 11.8 Å². The van der Waals surface area contributed by atoms with E-state index in [1.807, 2.05) is 27.7 Å². The minimum Gasteiger partial charge on any atom is -0.465 e. The lowest BCUT2D eigenvalue weighted by Gasteiger charge is -2.27. The molecule has 0 spiro atoms. The predicted molar refractivity (Wildman–Crippen MR) is 87.5 cm³/mol. The van der Waals surface area contributed by atoms with Crippen LogP contribution in [0.3, 0.4) is 0 Å². The zero-order valence-electron chi connectivity index (χ0n) is 14.8. The molecule has 1 aromatic heterocycles. The number of aromatic nitrogens is 1. The van der Waals surface area contributed by atoms with Crippen molar-refractivity contribution in [2.45, 2.75) is 53.4 Å². The molecule has 1 heterocycles. The van der Waals surface area contributed by atoms with Crippen LogP contribution in [-0.2, 0) is 4.74 Å². The van der Waals surface area contributed by atoms with Crippen LogP contribution in [0.25, 0.3) is 0 Å². The largest absolute Gasteiger partial charge is 0.465 e. The van der Waals surface area contributed by atoms with E-state index in [1.165, 1.54) is 14.0 Å². The van der Waals surface area contributed by atoms with Gasteiger partial charge in [-0.1, -0.05) is 6.92 Å². The predicted octanol–water partition coefficient (Wildman–Crippen LogP) is 4.06. The van der Waals surface area contributed by atoms with E-state index in [4.69, 9.17) is 4.74 Å². The molecule has 0 saturated heterocycles. The third kappa shape index (κ3) is 4.39. The second kappa shape index (κ2) is 7.70. The molecule has 0 aromatic carbocycles. The van der Waals surface area contributed by atoms with Gasteiger partial charge in [0.05, 0.1) is 7.11 Å². The highest BCUT2D eigenvalue weighted by Crippen LogP contribution is 2.29. The molecule has 1 rings (SSSR count). The molecular formula is C17H26F2N2O2.